The van der Waals surface area contributed by atoms with Crippen LogP contribution in [0.2, 0.25) is 0 Å². The average Bonchev–Trinajstić information content (AvgIpc) is 2.67. The van der Waals surface area contributed by atoms with Crippen molar-refractivity contribution < 1.29 is 9.59 Å². The van der Waals surface area contributed by atoms with Gasteiger partial charge in [-0.25, -0.2) is 0 Å². The Balaban J connectivity index is 1.66. The highest BCUT2D eigenvalue weighted by Crippen LogP contribution is 2.44. The Hall–Kier alpha value is -2.62. The van der Waals surface area contributed by atoms with Crippen LogP contribution in [0, 0.1) is 5.92 Å². The van der Waals surface area contributed by atoms with Crippen LogP contribution in [-0.2, 0) is 28.0 Å². The number of nitrogens with one attached hydrogen (secondary N) is 2. The Kier molecular flexibility index (Phi) is 6.18. The van der Waals surface area contributed by atoms with Gasteiger partial charge in [0.25, 0.3) is 0 Å². The fourth-order valence-electron chi connectivity index (χ4n) is 3.58. The highest BCUT2D eigenvalue weighted by molar-refractivity contribution is 5.92. The van der Waals surface area contributed by atoms with Crippen molar-refractivity contribution in [2.45, 2.75) is 58.4 Å². The molecule has 4 heteroatoms. The SMILES string of the molecule is CCc1ccc(CNC(=O)C2(c3ccc(NC(=O)C(C)C)cc3)CCC2)cc1. The van der Waals surface area contributed by atoms with E-state index in [2.05, 4.69) is 41.8 Å². The standard InChI is InChI=1S/C24H30N2O2/c1-4-18-6-8-19(9-7-18)16-25-23(28)24(14-5-15-24)20-10-12-21(13-11-20)26-22(27)17(2)3/h6-13,17H,4-5,14-16H2,1-3H3,(H,25,28)(H,26,27). The van der Waals surface area contributed by atoms with Gasteiger partial charge in [-0.3, -0.25) is 9.59 Å². The Morgan fingerprint density at radius 3 is 2.07 bits per heavy atom. The summed E-state index contributed by atoms with van der Waals surface area (Å²) in [6.45, 7) is 6.42. The van der Waals surface area contributed by atoms with Gasteiger partial charge in [0.05, 0.1) is 5.41 Å². The molecule has 2 amide bonds. The zero-order chi connectivity index (χ0) is 20.1. The van der Waals surface area contributed by atoms with Crippen LogP contribution in [0.4, 0.5) is 5.69 Å². The van der Waals surface area contributed by atoms with Crippen LogP contribution in [0.25, 0.3) is 0 Å². The molecule has 0 radical (unpaired) electrons. The first-order chi connectivity index (χ1) is 13.4. The smallest absolute Gasteiger partial charge is 0.230 e. The molecular formula is C24H30N2O2. The van der Waals surface area contributed by atoms with Crippen molar-refractivity contribution in [3.8, 4) is 0 Å². The van der Waals surface area contributed by atoms with Crippen molar-refractivity contribution in [2.24, 2.45) is 5.92 Å². The van der Waals surface area contributed by atoms with Crippen LogP contribution in [0.3, 0.4) is 0 Å². The van der Waals surface area contributed by atoms with E-state index in [9.17, 15) is 9.59 Å². The second kappa shape index (κ2) is 8.59. The third-order valence-corrected chi connectivity index (χ3v) is 5.76. The van der Waals surface area contributed by atoms with Crippen molar-refractivity contribution in [1.82, 2.24) is 5.32 Å². The van der Waals surface area contributed by atoms with E-state index in [1.54, 1.807) is 0 Å². The third-order valence-electron chi connectivity index (χ3n) is 5.76. The van der Waals surface area contributed by atoms with E-state index in [0.29, 0.717) is 6.54 Å². The number of amides is 2. The molecule has 0 aliphatic heterocycles. The minimum Gasteiger partial charge on any atom is -0.351 e. The Morgan fingerprint density at radius 1 is 0.964 bits per heavy atom. The largest absolute Gasteiger partial charge is 0.351 e. The van der Waals surface area contributed by atoms with Crippen LogP contribution in [0.15, 0.2) is 48.5 Å². The molecule has 3 rings (SSSR count). The molecule has 4 nitrogen and oxygen atoms in total. The lowest BCUT2D eigenvalue weighted by Gasteiger charge is -2.40. The summed E-state index contributed by atoms with van der Waals surface area (Å²) in [5.74, 6) is 0.0325. The molecule has 1 aliphatic carbocycles. The maximum atomic E-state index is 13.0. The van der Waals surface area contributed by atoms with Gasteiger partial charge in [-0.1, -0.05) is 63.6 Å². The van der Waals surface area contributed by atoms with Gasteiger partial charge in [0.2, 0.25) is 11.8 Å². The van der Waals surface area contributed by atoms with Crippen molar-refractivity contribution in [3.63, 3.8) is 0 Å². The van der Waals surface area contributed by atoms with Gasteiger partial charge >= 0.3 is 0 Å². The van der Waals surface area contributed by atoms with Gasteiger partial charge in [0.1, 0.15) is 0 Å². The molecule has 1 aliphatic rings. The zero-order valence-corrected chi connectivity index (χ0v) is 17.0. The maximum absolute atomic E-state index is 13.0. The molecule has 28 heavy (non-hydrogen) atoms. The number of hydrogen-bond donors (Lipinski definition) is 2. The summed E-state index contributed by atoms with van der Waals surface area (Å²) < 4.78 is 0. The molecule has 1 saturated carbocycles. The zero-order valence-electron chi connectivity index (χ0n) is 17.0. The van der Waals surface area contributed by atoms with Gasteiger partial charge in [-0.2, -0.15) is 0 Å². The second-order valence-electron chi connectivity index (χ2n) is 8.01. The first-order valence-electron chi connectivity index (χ1n) is 10.2. The monoisotopic (exact) mass is 378 g/mol. The van der Waals surface area contributed by atoms with Crippen LogP contribution < -0.4 is 10.6 Å². The van der Waals surface area contributed by atoms with E-state index < -0.39 is 5.41 Å². The molecule has 0 spiro atoms. The van der Waals surface area contributed by atoms with Crippen molar-refractivity contribution in [2.75, 3.05) is 5.32 Å². The van der Waals surface area contributed by atoms with Gasteiger partial charge in [0, 0.05) is 18.2 Å². The normalized spacial score (nSPS) is 15.0. The number of rotatable bonds is 7. The topological polar surface area (TPSA) is 58.2 Å². The third kappa shape index (κ3) is 4.27. The molecule has 148 valence electrons. The Bertz CT molecular complexity index is 819. The maximum Gasteiger partial charge on any atom is 0.230 e. The lowest BCUT2D eigenvalue weighted by atomic mass is 9.63. The van der Waals surface area contributed by atoms with Gasteiger partial charge in [0.15, 0.2) is 0 Å². The average molecular weight is 379 g/mol. The molecule has 0 unspecified atom stereocenters. The van der Waals surface area contributed by atoms with Crippen molar-refractivity contribution in [1.29, 1.82) is 0 Å². The molecule has 0 bridgehead atoms. The molecule has 0 heterocycles. The lowest BCUT2D eigenvalue weighted by molar-refractivity contribution is -0.130. The fraction of sp³-hybridized carbons (Fsp3) is 0.417. The molecule has 0 atom stereocenters. The Labute approximate surface area is 167 Å². The van der Waals surface area contributed by atoms with E-state index in [0.717, 1.165) is 42.5 Å². The quantitative estimate of drug-likeness (QED) is 0.741. The van der Waals surface area contributed by atoms with Crippen LogP contribution in [0.5, 0.6) is 0 Å². The highest BCUT2D eigenvalue weighted by Gasteiger charge is 2.45. The molecule has 1 fully saturated rings. The fourth-order valence-corrected chi connectivity index (χ4v) is 3.58. The summed E-state index contributed by atoms with van der Waals surface area (Å²) in [6.07, 6.45) is 3.81. The summed E-state index contributed by atoms with van der Waals surface area (Å²) in [5.41, 5.74) is 3.78. The van der Waals surface area contributed by atoms with Gasteiger partial charge in [-0.15, -0.1) is 0 Å². The molecular weight excluding hydrogens is 348 g/mol. The van der Waals surface area contributed by atoms with E-state index in [-0.39, 0.29) is 17.7 Å². The molecule has 2 aromatic carbocycles. The van der Waals surface area contributed by atoms with Crippen molar-refractivity contribution in [3.05, 3.63) is 65.2 Å². The lowest BCUT2D eigenvalue weighted by Crippen LogP contribution is -2.49. The summed E-state index contributed by atoms with van der Waals surface area (Å²) in [6, 6.07) is 16.1. The van der Waals surface area contributed by atoms with Gasteiger partial charge < -0.3 is 10.6 Å². The number of aryl methyl sites for hydroxylation is 1. The highest BCUT2D eigenvalue weighted by atomic mass is 16.2. The molecule has 2 N–H and O–H groups in total. The molecule has 2 aromatic rings. The van der Waals surface area contributed by atoms with Crippen LogP contribution in [-0.4, -0.2) is 11.8 Å². The van der Waals surface area contributed by atoms with E-state index >= 15 is 0 Å². The number of anilines is 1. The predicted molar refractivity (Wildman–Crippen MR) is 113 cm³/mol. The molecule has 0 saturated heterocycles. The predicted octanol–water partition coefficient (Wildman–Crippen LogP) is 4.58. The van der Waals surface area contributed by atoms with E-state index in [4.69, 9.17) is 0 Å². The second-order valence-corrected chi connectivity index (χ2v) is 8.01. The summed E-state index contributed by atoms with van der Waals surface area (Å²) in [5, 5.41) is 6.03. The minimum atomic E-state index is -0.441. The molecule has 0 aromatic heterocycles. The van der Waals surface area contributed by atoms with Crippen LogP contribution >= 0.6 is 0 Å². The first kappa shape index (κ1) is 20.1. The van der Waals surface area contributed by atoms with E-state index in [1.165, 1.54) is 5.56 Å². The summed E-state index contributed by atoms with van der Waals surface area (Å²) >= 11 is 0. The van der Waals surface area contributed by atoms with Crippen molar-refractivity contribution >= 4 is 17.5 Å². The number of hydrogen-bond acceptors (Lipinski definition) is 2. The minimum absolute atomic E-state index is 0.00191. The number of carbonyl (C=O) groups is 2. The Morgan fingerprint density at radius 2 is 1.57 bits per heavy atom. The number of benzene rings is 2. The van der Waals surface area contributed by atoms with E-state index in [1.807, 2.05) is 38.1 Å². The summed E-state index contributed by atoms with van der Waals surface area (Å²) in [7, 11) is 0. The summed E-state index contributed by atoms with van der Waals surface area (Å²) in [4.78, 5) is 24.9. The first-order valence-corrected chi connectivity index (χ1v) is 10.2. The number of carbonyl (C=O) groups excluding carboxylic acids is 2. The van der Waals surface area contributed by atoms with Crippen LogP contribution in [0.1, 0.15) is 56.7 Å². The van der Waals surface area contributed by atoms with Gasteiger partial charge in [-0.05, 0) is 48.1 Å².